The Bertz CT molecular complexity index is 770. The number of rotatable bonds is 6. The first-order valence-electron chi connectivity index (χ1n) is 8.61. The Balaban J connectivity index is 1.56. The van der Waals surface area contributed by atoms with Crippen LogP contribution in [-0.2, 0) is 11.3 Å². The topological polar surface area (TPSA) is 54.5 Å². The predicted molar refractivity (Wildman–Crippen MR) is 98.9 cm³/mol. The van der Waals surface area contributed by atoms with E-state index in [1.807, 2.05) is 12.1 Å². The summed E-state index contributed by atoms with van der Waals surface area (Å²) in [4.78, 5) is 18.3. The first-order chi connectivity index (χ1) is 12.5. The minimum Gasteiger partial charge on any atom is -0.462 e. The van der Waals surface area contributed by atoms with Crippen LogP contribution < -0.4 is 5.32 Å². The quantitative estimate of drug-likeness (QED) is 0.777. The van der Waals surface area contributed by atoms with Gasteiger partial charge in [0.05, 0.1) is 17.2 Å². The molecule has 5 nitrogen and oxygen atoms in total. The molecule has 1 atom stereocenters. The number of hydrogen-bond acceptors (Lipinski definition) is 5. The maximum absolute atomic E-state index is 13.0. The second-order valence-corrected chi connectivity index (χ2v) is 6.67. The fourth-order valence-electron chi connectivity index (χ4n) is 3.01. The van der Waals surface area contributed by atoms with E-state index in [1.54, 1.807) is 13.0 Å². The van der Waals surface area contributed by atoms with Crippen molar-refractivity contribution in [2.24, 2.45) is 0 Å². The molecule has 1 aromatic heterocycles. The number of likely N-dealkylation sites (tertiary alicyclic amines) is 1. The molecule has 0 radical (unpaired) electrons. The Morgan fingerprint density at radius 2 is 2.19 bits per heavy atom. The number of pyridine rings is 1. The summed E-state index contributed by atoms with van der Waals surface area (Å²) in [5.41, 5.74) is 1.42. The van der Waals surface area contributed by atoms with E-state index in [9.17, 15) is 9.18 Å². The zero-order valence-electron chi connectivity index (χ0n) is 14.5. The summed E-state index contributed by atoms with van der Waals surface area (Å²) in [6, 6.07) is 8.37. The number of hydrogen-bond donors (Lipinski definition) is 1. The molecule has 0 aliphatic carbocycles. The van der Waals surface area contributed by atoms with Crippen molar-refractivity contribution in [1.29, 1.82) is 0 Å². The lowest BCUT2D eigenvalue weighted by atomic mass is 10.2. The molecule has 0 saturated carbocycles. The van der Waals surface area contributed by atoms with Crippen LogP contribution in [0.25, 0.3) is 0 Å². The number of ether oxygens (including phenoxy) is 1. The van der Waals surface area contributed by atoms with Crippen LogP contribution >= 0.6 is 11.6 Å². The average Bonchev–Trinajstić information content (AvgIpc) is 3.06. The number of anilines is 1. The molecule has 1 aliphatic heterocycles. The number of carbonyl (C=O) groups excluding carboxylic acids is 1. The number of carbonyl (C=O) groups is 1. The summed E-state index contributed by atoms with van der Waals surface area (Å²) in [5, 5.41) is 3.73. The molecule has 0 spiro atoms. The molecule has 1 N–H and O–H groups in total. The largest absolute Gasteiger partial charge is 0.462 e. The first-order valence-corrected chi connectivity index (χ1v) is 8.99. The Labute approximate surface area is 157 Å². The van der Waals surface area contributed by atoms with Crippen LogP contribution in [0.2, 0.25) is 5.02 Å². The number of aromatic nitrogens is 1. The van der Waals surface area contributed by atoms with Gasteiger partial charge in [0.1, 0.15) is 11.6 Å². The van der Waals surface area contributed by atoms with Crippen molar-refractivity contribution < 1.29 is 13.9 Å². The summed E-state index contributed by atoms with van der Waals surface area (Å²) in [5.74, 6) is -0.0881. The monoisotopic (exact) mass is 377 g/mol. The van der Waals surface area contributed by atoms with Gasteiger partial charge in [-0.1, -0.05) is 23.7 Å². The van der Waals surface area contributed by atoms with Gasteiger partial charge >= 0.3 is 5.97 Å². The number of benzene rings is 1. The molecule has 2 aromatic rings. The Morgan fingerprint density at radius 3 is 2.88 bits per heavy atom. The van der Waals surface area contributed by atoms with Gasteiger partial charge in [-0.2, -0.15) is 0 Å². The summed E-state index contributed by atoms with van der Waals surface area (Å²) in [7, 11) is 0. The number of nitrogens with one attached hydrogen (secondary N) is 1. The second-order valence-electron chi connectivity index (χ2n) is 6.27. The zero-order valence-corrected chi connectivity index (χ0v) is 15.3. The van der Waals surface area contributed by atoms with Crippen molar-refractivity contribution in [2.75, 3.05) is 25.0 Å². The predicted octanol–water partition coefficient (Wildman–Crippen LogP) is 3.74. The van der Waals surface area contributed by atoms with Gasteiger partial charge in [0, 0.05) is 31.9 Å². The third-order valence-corrected chi connectivity index (χ3v) is 4.57. The molecule has 26 heavy (non-hydrogen) atoms. The van der Waals surface area contributed by atoms with E-state index in [1.165, 1.54) is 18.3 Å². The highest BCUT2D eigenvalue weighted by atomic mass is 35.5. The van der Waals surface area contributed by atoms with Crippen LogP contribution in [0.15, 0.2) is 36.5 Å². The molecule has 138 valence electrons. The Morgan fingerprint density at radius 1 is 1.42 bits per heavy atom. The van der Waals surface area contributed by atoms with E-state index >= 15 is 0 Å². The fraction of sp³-hybridized carbons (Fsp3) is 0.368. The Hall–Kier alpha value is -2.18. The molecule has 0 amide bonds. The fourth-order valence-corrected chi connectivity index (χ4v) is 3.23. The molecule has 1 aromatic carbocycles. The highest BCUT2D eigenvalue weighted by Crippen LogP contribution is 2.24. The first kappa shape index (κ1) is 18.6. The van der Waals surface area contributed by atoms with E-state index in [4.69, 9.17) is 16.3 Å². The SMILES string of the molecule is CCOC(=O)c1cnc(N[C@@H]2CCN(Cc3ccc(F)cc3)C2)c(Cl)c1. The van der Waals surface area contributed by atoms with E-state index in [-0.39, 0.29) is 11.9 Å². The van der Waals surface area contributed by atoms with Crippen LogP contribution in [0.4, 0.5) is 10.2 Å². The summed E-state index contributed by atoms with van der Waals surface area (Å²) >= 11 is 6.25. The van der Waals surface area contributed by atoms with Crippen LogP contribution in [0.1, 0.15) is 29.3 Å². The van der Waals surface area contributed by atoms with Crippen molar-refractivity contribution in [3.05, 3.63) is 58.5 Å². The van der Waals surface area contributed by atoms with Gasteiger partial charge in [-0.05, 0) is 37.1 Å². The summed E-state index contributed by atoms with van der Waals surface area (Å²) in [6.45, 7) is 4.62. The van der Waals surface area contributed by atoms with Gasteiger partial charge in [-0.25, -0.2) is 14.2 Å². The lowest BCUT2D eigenvalue weighted by molar-refractivity contribution is 0.0526. The minimum atomic E-state index is -0.431. The highest BCUT2D eigenvalue weighted by Gasteiger charge is 2.23. The molecule has 0 bridgehead atoms. The maximum Gasteiger partial charge on any atom is 0.339 e. The maximum atomic E-state index is 13.0. The molecule has 1 saturated heterocycles. The second kappa shape index (κ2) is 8.47. The molecular weight excluding hydrogens is 357 g/mol. The molecule has 7 heteroatoms. The van der Waals surface area contributed by atoms with E-state index < -0.39 is 5.97 Å². The van der Waals surface area contributed by atoms with E-state index in [0.717, 1.165) is 31.6 Å². The summed E-state index contributed by atoms with van der Waals surface area (Å²) < 4.78 is 17.9. The number of halogens is 2. The standard InChI is InChI=1S/C19H21ClFN3O2/c1-2-26-19(25)14-9-17(20)18(22-10-14)23-16-7-8-24(12-16)11-13-3-5-15(21)6-4-13/h3-6,9-10,16H,2,7-8,11-12H2,1H3,(H,22,23)/t16-/m1/s1. The van der Waals surface area contributed by atoms with Gasteiger partial charge in [0.15, 0.2) is 0 Å². The lowest BCUT2D eigenvalue weighted by Crippen LogP contribution is -2.26. The van der Waals surface area contributed by atoms with Crippen molar-refractivity contribution >= 4 is 23.4 Å². The lowest BCUT2D eigenvalue weighted by Gasteiger charge is -2.17. The normalized spacial score (nSPS) is 17.3. The third kappa shape index (κ3) is 4.71. The zero-order chi connectivity index (χ0) is 18.5. The number of nitrogens with zero attached hydrogens (tertiary/aromatic N) is 2. The van der Waals surface area contributed by atoms with Crippen LogP contribution in [-0.4, -0.2) is 41.6 Å². The van der Waals surface area contributed by atoms with Gasteiger partial charge in [0.2, 0.25) is 0 Å². The van der Waals surface area contributed by atoms with Gasteiger partial charge in [-0.15, -0.1) is 0 Å². The average molecular weight is 378 g/mol. The van der Waals surface area contributed by atoms with E-state index in [2.05, 4.69) is 15.2 Å². The van der Waals surface area contributed by atoms with Crippen molar-refractivity contribution in [3.8, 4) is 0 Å². The third-order valence-electron chi connectivity index (χ3n) is 4.28. The van der Waals surface area contributed by atoms with Crippen LogP contribution in [0.3, 0.4) is 0 Å². The van der Waals surface area contributed by atoms with E-state index in [0.29, 0.717) is 23.0 Å². The smallest absolute Gasteiger partial charge is 0.339 e. The van der Waals surface area contributed by atoms with Crippen molar-refractivity contribution in [1.82, 2.24) is 9.88 Å². The minimum absolute atomic E-state index is 0.217. The molecule has 2 heterocycles. The Kier molecular flexibility index (Phi) is 6.06. The van der Waals surface area contributed by atoms with Crippen LogP contribution in [0, 0.1) is 5.82 Å². The number of esters is 1. The van der Waals surface area contributed by atoms with Gasteiger partial charge in [-0.3, -0.25) is 4.90 Å². The van der Waals surface area contributed by atoms with Crippen LogP contribution in [0.5, 0.6) is 0 Å². The highest BCUT2D eigenvalue weighted by molar-refractivity contribution is 6.33. The molecule has 3 rings (SSSR count). The molecule has 0 unspecified atom stereocenters. The van der Waals surface area contributed by atoms with Gasteiger partial charge < -0.3 is 10.1 Å². The van der Waals surface area contributed by atoms with Crippen molar-refractivity contribution in [3.63, 3.8) is 0 Å². The summed E-state index contributed by atoms with van der Waals surface area (Å²) in [6.07, 6.45) is 2.43. The molecule has 1 aliphatic rings. The molecular formula is C19H21ClFN3O2. The molecule has 1 fully saturated rings. The van der Waals surface area contributed by atoms with Gasteiger partial charge in [0.25, 0.3) is 0 Å². The van der Waals surface area contributed by atoms with Crippen molar-refractivity contribution in [2.45, 2.75) is 25.9 Å².